The van der Waals surface area contributed by atoms with Crippen molar-refractivity contribution in [3.05, 3.63) is 35.9 Å². The summed E-state index contributed by atoms with van der Waals surface area (Å²) in [6, 6.07) is -6.11. The van der Waals surface area contributed by atoms with Gasteiger partial charge in [-0.25, -0.2) is 4.79 Å². The predicted octanol–water partition coefficient (Wildman–Crippen LogP) is -3.20. The minimum atomic E-state index is -1.81. The summed E-state index contributed by atoms with van der Waals surface area (Å²) in [4.78, 5) is 164. The van der Waals surface area contributed by atoms with Crippen molar-refractivity contribution in [2.24, 2.45) is 35.1 Å². The van der Waals surface area contributed by atoms with Crippen LogP contribution in [0.15, 0.2) is 30.3 Å². The Bertz CT molecular complexity index is 2420. The summed E-state index contributed by atoms with van der Waals surface area (Å²) in [7, 11) is 1.60. The van der Waals surface area contributed by atoms with Crippen molar-refractivity contribution < 1.29 is 72.5 Å². The number of rotatable bonds is 33. The predicted molar refractivity (Wildman–Crippen MR) is 312 cm³/mol. The van der Waals surface area contributed by atoms with Crippen LogP contribution in [0, 0.1) is 23.7 Å². The Labute approximate surface area is 497 Å². The Hall–Kier alpha value is -7.30. The number of likely N-dealkylation sites (N-methyl/N-ethyl adjacent to an activating group) is 1. The van der Waals surface area contributed by atoms with E-state index in [2.05, 4.69) is 58.5 Å². The molecule has 28 heteroatoms. The van der Waals surface area contributed by atoms with Crippen LogP contribution < -0.4 is 70.0 Å². The molecule has 0 aromatic heterocycles. The molecule has 1 aliphatic rings. The van der Waals surface area contributed by atoms with Gasteiger partial charge in [0.15, 0.2) is 0 Å². The standard InChI is InChI=1S/C57H95N13O15/c1-12-30(6)43(67-49(76)37(22-23-42(59)73)63-52(79)40(27-71)66-55(82)44(31(7)13-2)68-50(77)38(60-11)26-35-19-16-15-17-20-35)54(81)64-39(25-29(4)5)51(78)65-41(28-72)53(80)70-46-34(10)85-57(84)45(32(8)14-3)69-48(75)36(21-18-24-58)62-47(74)33(9)61-56(46)83/h15-17,19-20,29-34,36-41,43-46,60,71-72H,12-14,18,21-28,58H2,1-11H3,(H2,59,73)(H,61,83)(H,62,74)(H,63,79)(H,64,81)(H,65,78)(H,66,82)(H,67,76)(H,68,77)(H,69,75)(H,70,80)/t30-,31+,32+,33+,34+,36+,37-,38-,39+,40+,41+,43-,44+,45+,46-/m1/s1. The van der Waals surface area contributed by atoms with Gasteiger partial charge in [0.25, 0.3) is 0 Å². The van der Waals surface area contributed by atoms with Crippen molar-refractivity contribution in [1.29, 1.82) is 0 Å². The molecule has 0 spiro atoms. The van der Waals surface area contributed by atoms with Crippen LogP contribution in [0.2, 0.25) is 0 Å². The highest BCUT2D eigenvalue weighted by Crippen LogP contribution is 2.17. The van der Waals surface area contributed by atoms with Gasteiger partial charge in [-0.15, -0.1) is 0 Å². The Morgan fingerprint density at radius 1 is 0.624 bits per heavy atom. The number of cyclic esters (lactones) is 1. The zero-order chi connectivity index (χ0) is 64.2. The zero-order valence-corrected chi connectivity index (χ0v) is 51.0. The molecule has 0 unspecified atom stereocenters. The van der Waals surface area contributed by atoms with Crippen LogP contribution >= 0.6 is 0 Å². The molecule has 11 amide bonds. The Morgan fingerprint density at radius 2 is 1.13 bits per heavy atom. The van der Waals surface area contributed by atoms with Gasteiger partial charge in [-0.3, -0.25) is 52.7 Å². The highest BCUT2D eigenvalue weighted by molar-refractivity contribution is 5.99. The lowest BCUT2D eigenvalue weighted by Crippen LogP contribution is -2.63. The molecule has 478 valence electrons. The van der Waals surface area contributed by atoms with E-state index < -0.39 is 187 Å². The molecule has 0 saturated carbocycles. The third kappa shape index (κ3) is 23.9. The lowest BCUT2D eigenvalue weighted by Gasteiger charge is -2.31. The van der Waals surface area contributed by atoms with E-state index in [0.29, 0.717) is 25.7 Å². The van der Waals surface area contributed by atoms with E-state index in [9.17, 15) is 67.7 Å². The number of amides is 11. The van der Waals surface area contributed by atoms with Crippen molar-refractivity contribution in [2.45, 2.75) is 200 Å². The summed E-state index contributed by atoms with van der Waals surface area (Å²) in [5.74, 6) is -12.6. The maximum Gasteiger partial charge on any atom is 0.329 e. The number of carbonyl (C=O) groups excluding carboxylic acids is 12. The van der Waals surface area contributed by atoms with E-state index in [1.165, 1.54) is 13.8 Å². The highest BCUT2D eigenvalue weighted by atomic mass is 16.5. The van der Waals surface area contributed by atoms with Gasteiger partial charge >= 0.3 is 5.97 Å². The third-order valence-electron chi connectivity index (χ3n) is 15.0. The van der Waals surface area contributed by atoms with Gasteiger partial charge in [0, 0.05) is 6.42 Å². The van der Waals surface area contributed by atoms with Crippen molar-refractivity contribution in [3.8, 4) is 0 Å². The van der Waals surface area contributed by atoms with E-state index >= 15 is 0 Å². The first-order valence-corrected chi connectivity index (χ1v) is 29.3. The Balaban J connectivity index is 2.40. The smallest absolute Gasteiger partial charge is 0.329 e. The van der Waals surface area contributed by atoms with Crippen LogP contribution in [0.1, 0.15) is 126 Å². The summed E-state index contributed by atoms with van der Waals surface area (Å²) >= 11 is 0. The van der Waals surface area contributed by atoms with E-state index in [1.54, 1.807) is 62.4 Å². The van der Waals surface area contributed by atoms with Crippen molar-refractivity contribution in [3.63, 3.8) is 0 Å². The van der Waals surface area contributed by atoms with Crippen LogP contribution in [0.4, 0.5) is 0 Å². The van der Waals surface area contributed by atoms with Crippen molar-refractivity contribution in [1.82, 2.24) is 58.5 Å². The van der Waals surface area contributed by atoms with Crippen LogP contribution in [-0.4, -0.2) is 181 Å². The second-order valence-corrected chi connectivity index (χ2v) is 22.2. The number of nitrogens with two attached hydrogens (primary N) is 2. The topological polar surface area (TPSA) is 439 Å². The first-order valence-electron chi connectivity index (χ1n) is 29.3. The first kappa shape index (κ1) is 73.8. The fourth-order valence-electron chi connectivity index (χ4n) is 8.96. The lowest BCUT2D eigenvalue weighted by molar-refractivity contribution is -0.157. The quantitative estimate of drug-likeness (QED) is 0.0308. The molecule has 28 nitrogen and oxygen atoms in total. The number of benzene rings is 1. The van der Waals surface area contributed by atoms with Gasteiger partial charge in [-0.05, 0) is 88.8 Å². The number of ether oxygens (including phenoxy) is 1. The van der Waals surface area contributed by atoms with Crippen molar-refractivity contribution in [2.75, 3.05) is 26.8 Å². The van der Waals surface area contributed by atoms with Gasteiger partial charge in [0.05, 0.1) is 19.3 Å². The maximum absolute atomic E-state index is 14.3. The minimum absolute atomic E-state index is 0.0612. The largest absolute Gasteiger partial charge is 0.458 e. The summed E-state index contributed by atoms with van der Waals surface area (Å²) in [6.07, 6.45) is -0.559. The van der Waals surface area contributed by atoms with Gasteiger partial charge in [-0.1, -0.05) is 105 Å². The normalized spacial score (nSPS) is 21.1. The molecule has 85 heavy (non-hydrogen) atoms. The molecular weight excluding hydrogens is 1110 g/mol. The molecule has 0 bridgehead atoms. The van der Waals surface area contributed by atoms with Gasteiger partial charge in [0.1, 0.15) is 66.5 Å². The fraction of sp³-hybridized carbons (Fsp3) is 0.684. The summed E-state index contributed by atoms with van der Waals surface area (Å²) in [5.41, 5.74) is 12.0. The molecule has 0 radical (unpaired) electrons. The number of esters is 1. The molecule has 1 heterocycles. The zero-order valence-electron chi connectivity index (χ0n) is 51.0. The Morgan fingerprint density at radius 3 is 1.64 bits per heavy atom. The number of aliphatic hydroxyl groups excluding tert-OH is 2. The molecular formula is C57H95N13O15. The first-order chi connectivity index (χ1) is 40.1. The molecule has 1 saturated heterocycles. The third-order valence-corrected chi connectivity index (χ3v) is 15.0. The second-order valence-electron chi connectivity index (χ2n) is 22.2. The minimum Gasteiger partial charge on any atom is -0.458 e. The average molecular weight is 1200 g/mol. The molecule has 1 fully saturated rings. The number of hydrogen-bond donors (Lipinski definition) is 15. The molecule has 2 rings (SSSR count). The van der Waals surface area contributed by atoms with Gasteiger partial charge in [-0.2, -0.15) is 0 Å². The second kappa shape index (κ2) is 37.2. The monoisotopic (exact) mass is 1200 g/mol. The SMILES string of the molecule is CC[C@@H](C)[C@@H](NC(=O)[C@@H](CCC(N)=O)NC(=O)[C@H](CO)NC(=O)[C@@H](NC(=O)[C@@H](Cc1ccccc1)NC)[C@@H](C)CC)C(=O)N[C@@H](CC(C)C)C(=O)N[C@@H](CO)C(=O)N[C@H]1C(=O)N[C@@H](C)C(=O)N[C@@H](CCCN)C(=O)N[C@@H]([C@@H](C)CC)C(=O)O[C@H]1C. The van der Waals surface area contributed by atoms with Gasteiger partial charge < -0.3 is 84.9 Å². The summed E-state index contributed by atoms with van der Waals surface area (Å²) < 4.78 is 5.69. The number of aliphatic hydroxyl groups is 2. The molecule has 1 aromatic carbocycles. The number of nitrogens with one attached hydrogen (secondary N) is 11. The van der Waals surface area contributed by atoms with Crippen LogP contribution in [0.5, 0.6) is 0 Å². The van der Waals surface area contributed by atoms with E-state index in [0.717, 1.165) is 5.56 Å². The van der Waals surface area contributed by atoms with E-state index in [4.69, 9.17) is 16.2 Å². The Kier molecular flexibility index (Phi) is 32.3. The number of carbonyl (C=O) groups is 12. The van der Waals surface area contributed by atoms with E-state index in [-0.39, 0.29) is 31.7 Å². The highest BCUT2D eigenvalue weighted by Gasteiger charge is 2.40. The molecule has 1 aliphatic heterocycles. The van der Waals surface area contributed by atoms with Gasteiger partial charge in [0.2, 0.25) is 65.0 Å². The fourth-order valence-corrected chi connectivity index (χ4v) is 8.96. The van der Waals surface area contributed by atoms with Crippen LogP contribution in [0.25, 0.3) is 0 Å². The lowest BCUT2D eigenvalue weighted by atomic mass is 9.96. The van der Waals surface area contributed by atoms with E-state index in [1.807, 2.05) is 30.3 Å². The molecule has 17 N–H and O–H groups in total. The number of primary amides is 1. The van der Waals surface area contributed by atoms with Crippen LogP contribution in [0.3, 0.4) is 0 Å². The molecule has 15 atom stereocenters. The number of hydrogen-bond acceptors (Lipinski definition) is 17. The van der Waals surface area contributed by atoms with Crippen LogP contribution in [-0.2, 0) is 68.7 Å². The molecule has 0 aliphatic carbocycles. The average Bonchev–Trinajstić information content (AvgIpc) is 3.84. The summed E-state index contributed by atoms with van der Waals surface area (Å²) in [5, 5.41) is 49.2. The van der Waals surface area contributed by atoms with Crippen molar-refractivity contribution >= 4 is 70.9 Å². The summed E-state index contributed by atoms with van der Waals surface area (Å²) in [6.45, 7) is 14.5. The maximum atomic E-state index is 14.3. The molecule has 1 aromatic rings.